The van der Waals surface area contributed by atoms with Crippen molar-refractivity contribution >= 4 is 46.7 Å². The van der Waals surface area contributed by atoms with E-state index in [1.54, 1.807) is 48.5 Å². The zero-order valence-corrected chi connectivity index (χ0v) is 19.1. The third kappa shape index (κ3) is 6.79. The molecule has 0 spiro atoms. The zero-order valence-electron chi connectivity index (χ0n) is 18.4. The maximum atomic E-state index is 12.4. The quantitative estimate of drug-likeness (QED) is 0.588. The number of nitrogens with one attached hydrogen (secondary N) is 1. The molecule has 1 fully saturated rings. The molecule has 1 saturated heterocycles. The predicted molar refractivity (Wildman–Crippen MR) is 123 cm³/mol. The molecule has 174 valence electrons. The first kappa shape index (κ1) is 24.3. The molecule has 9 heteroatoms. The summed E-state index contributed by atoms with van der Waals surface area (Å²) in [6, 6.07) is 13.0. The molecule has 1 N–H and O–H groups in total. The van der Waals surface area contributed by atoms with E-state index in [0.29, 0.717) is 28.6 Å². The van der Waals surface area contributed by atoms with Gasteiger partial charge in [0.1, 0.15) is 0 Å². The summed E-state index contributed by atoms with van der Waals surface area (Å²) in [5.41, 5.74) is 1.46. The summed E-state index contributed by atoms with van der Waals surface area (Å²) < 4.78 is 10.3. The Kier molecular flexibility index (Phi) is 8.06. The monoisotopic (exact) mass is 472 g/mol. The van der Waals surface area contributed by atoms with Gasteiger partial charge in [0.2, 0.25) is 5.91 Å². The SMILES string of the molecule is CC(C)COC(=O)c1ccc(NC(=O)COC(=O)[C@H]2CC(=O)N(c3ccc(Cl)cc3)C2)cc1. The van der Waals surface area contributed by atoms with Crippen LogP contribution >= 0.6 is 11.6 Å². The van der Waals surface area contributed by atoms with E-state index in [9.17, 15) is 19.2 Å². The van der Waals surface area contributed by atoms with Crippen LogP contribution in [0, 0.1) is 11.8 Å². The standard InChI is InChI=1S/C24H25ClN2O6/c1-15(2)13-32-23(30)16-3-7-19(8-4-16)26-21(28)14-33-24(31)17-11-22(29)27(12-17)20-9-5-18(25)6-10-20/h3-10,15,17H,11-14H2,1-2H3,(H,26,28)/t17-/m0/s1. The maximum absolute atomic E-state index is 12.4. The van der Waals surface area contributed by atoms with E-state index in [1.807, 2.05) is 13.8 Å². The van der Waals surface area contributed by atoms with Crippen molar-refractivity contribution in [1.29, 1.82) is 0 Å². The minimum atomic E-state index is -0.655. The molecular formula is C24H25ClN2O6. The molecule has 1 atom stereocenters. The molecule has 2 aromatic carbocycles. The molecule has 8 nitrogen and oxygen atoms in total. The molecule has 0 saturated carbocycles. The molecule has 33 heavy (non-hydrogen) atoms. The van der Waals surface area contributed by atoms with Crippen LogP contribution in [0.2, 0.25) is 5.02 Å². The number of amides is 2. The normalized spacial score (nSPS) is 15.5. The van der Waals surface area contributed by atoms with E-state index < -0.39 is 30.4 Å². The number of carbonyl (C=O) groups is 4. The van der Waals surface area contributed by atoms with Gasteiger partial charge in [-0.3, -0.25) is 14.4 Å². The number of ether oxygens (including phenoxy) is 2. The number of anilines is 2. The molecule has 0 radical (unpaired) electrons. The van der Waals surface area contributed by atoms with Crippen LogP contribution in [0.4, 0.5) is 11.4 Å². The summed E-state index contributed by atoms with van der Waals surface area (Å²) >= 11 is 5.87. The highest BCUT2D eigenvalue weighted by molar-refractivity contribution is 6.30. The Morgan fingerprint density at radius 3 is 2.36 bits per heavy atom. The molecule has 3 rings (SSSR count). The van der Waals surface area contributed by atoms with E-state index in [0.717, 1.165) is 0 Å². The molecule has 1 aliphatic rings. The fourth-order valence-corrected chi connectivity index (χ4v) is 3.33. The first-order valence-electron chi connectivity index (χ1n) is 10.5. The second-order valence-corrected chi connectivity index (χ2v) is 8.54. The summed E-state index contributed by atoms with van der Waals surface area (Å²) in [7, 11) is 0. The van der Waals surface area contributed by atoms with Gasteiger partial charge in [-0.1, -0.05) is 25.4 Å². The van der Waals surface area contributed by atoms with Gasteiger partial charge in [-0.15, -0.1) is 0 Å². The largest absolute Gasteiger partial charge is 0.462 e. The van der Waals surface area contributed by atoms with Gasteiger partial charge in [0.25, 0.3) is 5.91 Å². The van der Waals surface area contributed by atoms with Crippen LogP contribution < -0.4 is 10.2 Å². The van der Waals surface area contributed by atoms with E-state index in [-0.39, 0.29) is 24.8 Å². The van der Waals surface area contributed by atoms with Gasteiger partial charge in [0.05, 0.1) is 18.1 Å². The summed E-state index contributed by atoms with van der Waals surface area (Å²) in [5.74, 6) is -2.20. The first-order chi connectivity index (χ1) is 15.7. The second kappa shape index (κ2) is 11.0. The van der Waals surface area contributed by atoms with Crippen LogP contribution in [0.25, 0.3) is 0 Å². The lowest BCUT2D eigenvalue weighted by molar-refractivity contribution is -0.151. The highest BCUT2D eigenvalue weighted by Crippen LogP contribution is 2.27. The molecule has 2 aromatic rings. The van der Waals surface area contributed by atoms with Crippen LogP contribution in [-0.2, 0) is 23.9 Å². The average molecular weight is 473 g/mol. The number of esters is 2. The minimum Gasteiger partial charge on any atom is -0.462 e. The van der Waals surface area contributed by atoms with E-state index >= 15 is 0 Å². The molecule has 0 aromatic heterocycles. The third-order valence-electron chi connectivity index (χ3n) is 4.89. The van der Waals surface area contributed by atoms with Gasteiger partial charge in [-0.25, -0.2) is 4.79 Å². The van der Waals surface area contributed by atoms with Crippen molar-refractivity contribution in [3.05, 3.63) is 59.1 Å². The number of hydrogen-bond donors (Lipinski definition) is 1. The molecule has 0 bridgehead atoms. The van der Waals surface area contributed by atoms with Gasteiger partial charge in [-0.05, 0) is 54.4 Å². The summed E-state index contributed by atoms with van der Waals surface area (Å²) in [5, 5.41) is 3.14. The van der Waals surface area contributed by atoms with Gasteiger partial charge >= 0.3 is 11.9 Å². The van der Waals surface area contributed by atoms with Crippen molar-refractivity contribution in [3.8, 4) is 0 Å². The van der Waals surface area contributed by atoms with Crippen molar-refractivity contribution in [1.82, 2.24) is 0 Å². The Labute approximate surface area is 196 Å². The average Bonchev–Trinajstić information content (AvgIpc) is 3.18. The summed E-state index contributed by atoms with van der Waals surface area (Å²) in [6.45, 7) is 3.91. The minimum absolute atomic E-state index is 0.0114. The number of benzene rings is 2. The highest BCUT2D eigenvalue weighted by Gasteiger charge is 2.36. The highest BCUT2D eigenvalue weighted by atomic mass is 35.5. The second-order valence-electron chi connectivity index (χ2n) is 8.11. The van der Waals surface area contributed by atoms with Gasteiger partial charge in [0.15, 0.2) is 6.61 Å². The van der Waals surface area contributed by atoms with Crippen LogP contribution in [0.15, 0.2) is 48.5 Å². The number of carbonyl (C=O) groups excluding carboxylic acids is 4. The molecular weight excluding hydrogens is 448 g/mol. The predicted octanol–water partition coefficient (Wildman–Crippen LogP) is 3.69. The van der Waals surface area contributed by atoms with Crippen molar-refractivity contribution in [3.63, 3.8) is 0 Å². The number of hydrogen-bond acceptors (Lipinski definition) is 6. The van der Waals surface area contributed by atoms with E-state index in [1.165, 1.54) is 4.90 Å². The lowest BCUT2D eigenvalue weighted by Crippen LogP contribution is -2.28. The van der Waals surface area contributed by atoms with Crippen molar-refractivity contribution in [2.75, 3.05) is 30.0 Å². The third-order valence-corrected chi connectivity index (χ3v) is 5.15. The zero-order chi connectivity index (χ0) is 24.0. The Balaban J connectivity index is 1.46. The van der Waals surface area contributed by atoms with E-state index in [4.69, 9.17) is 21.1 Å². The lowest BCUT2D eigenvalue weighted by Gasteiger charge is -2.16. The van der Waals surface area contributed by atoms with Crippen molar-refractivity contribution in [2.45, 2.75) is 20.3 Å². The number of halogens is 1. The Hall–Kier alpha value is -3.39. The number of nitrogens with zero attached hydrogens (tertiary/aromatic N) is 1. The van der Waals surface area contributed by atoms with E-state index in [2.05, 4.69) is 5.32 Å². The molecule has 2 amide bonds. The maximum Gasteiger partial charge on any atom is 0.338 e. The van der Waals surface area contributed by atoms with Crippen LogP contribution in [-0.4, -0.2) is 43.5 Å². The molecule has 1 heterocycles. The smallest absolute Gasteiger partial charge is 0.338 e. The van der Waals surface area contributed by atoms with Crippen LogP contribution in [0.1, 0.15) is 30.6 Å². The topological polar surface area (TPSA) is 102 Å². The number of rotatable bonds is 8. The fraction of sp³-hybridized carbons (Fsp3) is 0.333. The Morgan fingerprint density at radius 1 is 1.06 bits per heavy atom. The molecule has 0 unspecified atom stereocenters. The summed E-state index contributed by atoms with van der Waals surface area (Å²) in [4.78, 5) is 50.2. The Morgan fingerprint density at radius 2 is 1.73 bits per heavy atom. The molecule has 1 aliphatic heterocycles. The lowest BCUT2D eigenvalue weighted by atomic mass is 10.1. The Bertz CT molecular complexity index is 1020. The van der Waals surface area contributed by atoms with Crippen LogP contribution in [0.5, 0.6) is 0 Å². The first-order valence-corrected chi connectivity index (χ1v) is 10.9. The van der Waals surface area contributed by atoms with Crippen molar-refractivity contribution < 1.29 is 28.7 Å². The fourth-order valence-electron chi connectivity index (χ4n) is 3.20. The molecule has 0 aliphatic carbocycles. The van der Waals surface area contributed by atoms with Crippen molar-refractivity contribution in [2.24, 2.45) is 11.8 Å². The summed E-state index contributed by atoms with van der Waals surface area (Å²) in [6.07, 6.45) is 0.0114. The van der Waals surface area contributed by atoms with Gasteiger partial charge < -0.3 is 19.7 Å². The van der Waals surface area contributed by atoms with Crippen LogP contribution in [0.3, 0.4) is 0 Å². The van der Waals surface area contributed by atoms with Gasteiger partial charge in [0, 0.05) is 29.4 Å². The van der Waals surface area contributed by atoms with Gasteiger partial charge in [-0.2, -0.15) is 0 Å².